The molecule has 0 aliphatic carbocycles. The Hall–Kier alpha value is -2.91. The highest BCUT2D eigenvalue weighted by atomic mass is 35.5. The maximum absolute atomic E-state index is 14.6. The Morgan fingerprint density at radius 1 is 1.00 bits per heavy atom. The Balaban J connectivity index is 1.60. The summed E-state index contributed by atoms with van der Waals surface area (Å²) in [5, 5.41) is 3.35. The maximum atomic E-state index is 14.6. The molecule has 0 spiro atoms. The second kappa shape index (κ2) is 10.8. The van der Waals surface area contributed by atoms with Crippen LogP contribution in [0.3, 0.4) is 0 Å². The second-order valence-electron chi connectivity index (χ2n) is 7.15. The number of carbonyl (C=O) groups is 2. The number of halogens is 5. The van der Waals surface area contributed by atoms with Crippen LogP contribution >= 0.6 is 46.6 Å². The maximum Gasteiger partial charge on any atom is 0.283 e. The van der Waals surface area contributed by atoms with Gasteiger partial charge in [-0.25, -0.2) is 13.8 Å². The van der Waals surface area contributed by atoms with Crippen molar-refractivity contribution in [2.75, 3.05) is 16.0 Å². The Kier molecular flexibility index (Phi) is 7.76. The molecular formula is C24H14Cl3F2N3O2S. The largest absolute Gasteiger partial charge is 0.323 e. The molecule has 1 heterocycles. The molecule has 0 fully saturated rings. The molecule has 0 atom stereocenters. The summed E-state index contributed by atoms with van der Waals surface area (Å²) in [5.74, 6) is -2.70. The number of nitrogens with zero attached hydrogens (tertiary/aromatic N) is 2. The molecule has 0 aromatic heterocycles. The van der Waals surface area contributed by atoms with Gasteiger partial charge in [0.25, 0.3) is 5.91 Å². The zero-order chi connectivity index (χ0) is 25.1. The summed E-state index contributed by atoms with van der Waals surface area (Å²) in [7, 11) is 0. The van der Waals surface area contributed by atoms with Gasteiger partial charge >= 0.3 is 0 Å². The Labute approximate surface area is 218 Å². The van der Waals surface area contributed by atoms with Gasteiger partial charge in [0.1, 0.15) is 17.3 Å². The van der Waals surface area contributed by atoms with Crippen LogP contribution in [0.5, 0.6) is 0 Å². The van der Waals surface area contributed by atoms with Crippen LogP contribution in [0.4, 0.5) is 20.2 Å². The van der Waals surface area contributed by atoms with Gasteiger partial charge in [-0.1, -0.05) is 64.8 Å². The van der Waals surface area contributed by atoms with Crippen LogP contribution in [0.2, 0.25) is 15.1 Å². The Bertz CT molecular complexity index is 1400. The zero-order valence-electron chi connectivity index (χ0n) is 17.6. The molecule has 0 saturated carbocycles. The number of aliphatic imine (C=N–C) groups is 1. The van der Waals surface area contributed by atoms with Crippen LogP contribution in [0.25, 0.3) is 6.08 Å². The van der Waals surface area contributed by atoms with Gasteiger partial charge in [-0.3, -0.25) is 14.5 Å². The number of carbonyl (C=O) groups excluding carboxylic acids is 2. The summed E-state index contributed by atoms with van der Waals surface area (Å²) >= 11 is 18.6. The van der Waals surface area contributed by atoms with Crippen LogP contribution in [-0.2, 0) is 9.59 Å². The minimum atomic E-state index is -0.691. The smallest absolute Gasteiger partial charge is 0.283 e. The lowest BCUT2D eigenvalue weighted by molar-refractivity contribution is -0.114. The molecule has 178 valence electrons. The van der Waals surface area contributed by atoms with E-state index >= 15 is 0 Å². The van der Waals surface area contributed by atoms with Gasteiger partial charge in [0, 0.05) is 5.02 Å². The van der Waals surface area contributed by atoms with Crippen molar-refractivity contribution in [3.63, 3.8) is 0 Å². The average Bonchev–Trinajstić information content (AvgIpc) is 3.12. The standard InChI is InChI=1S/C24H14Cl3F2N3O2S/c25-14-6-8-19(18(29)11-14)30-22(33)12-35-24-31-20(10-13-5-7-15(26)16(27)9-13)23(34)32(24)21-4-2-1-3-17(21)28/h1-11H,12H2,(H,30,33)/b20-10+. The number of rotatable bonds is 5. The molecule has 3 aromatic carbocycles. The third-order valence-electron chi connectivity index (χ3n) is 4.71. The van der Waals surface area contributed by atoms with E-state index in [1.165, 1.54) is 36.4 Å². The molecular weight excluding hydrogens is 539 g/mol. The summed E-state index contributed by atoms with van der Waals surface area (Å²) in [6.07, 6.45) is 1.48. The first-order valence-electron chi connectivity index (χ1n) is 9.95. The molecule has 2 amide bonds. The van der Waals surface area contributed by atoms with E-state index in [0.717, 1.165) is 22.7 Å². The molecule has 0 unspecified atom stereocenters. The average molecular weight is 553 g/mol. The lowest BCUT2D eigenvalue weighted by Gasteiger charge is -2.18. The number of benzene rings is 3. The van der Waals surface area contributed by atoms with Gasteiger partial charge in [-0.2, -0.15) is 0 Å². The molecule has 1 N–H and O–H groups in total. The SMILES string of the molecule is O=C(CSC1=N/C(=C/c2ccc(Cl)c(Cl)c2)C(=O)N1c1ccccc1F)Nc1ccc(Cl)cc1F. The first kappa shape index (κ1) is 25.2. The fourth-order valence-electron chi connectivity index (χ4n) is 3.11. The topological polar surface area (TPSA) is 61.8 Å². The van der Waals surface area contributed by atoms with E-state index in [9.17, 15) is 18.4 Å². The van der Waals surface area contributed by atoms with E-state index in [2.05, 4.69) is 10.3 Å². The molecule has 0 saturated heterocycles. The first-order valence-corrected chi connectivity index (χ1v) is 12.1. The molecule has 4 rings (SSSR count). The van der Waals surface area contributed by atoms with Crippen molar-refractivity contribution in [2.24, 2.45) is 4.99 Å². The molecule has 11 heteroatoms. The molecule has 0 bridgehead atoms. The summed E-state index contributed by atoms with van der Waals surface area (Å²) in [6, 6.07) is 14.3. The zero-order valence-corrected chi connectivity index (χ0v) is 20.7. The van der Waals surface area contributed by atoms with E-state index in [-0.39, 0.29) is 33.0 Å². The summed E-state index contributed by atoms with van der Waals surface area (Å²) in [6.45, 7) is 0. The number of nitrogens with one attached hydrogen (secondary N) is 1. The van der Waals surface area contributed by atoms with Gasteiger partial charge < -0.3 is 5.32 Å². The number of hydrogen-bond donors (Lipinski definition) is 1. The monoisotopic (exact) mass is 551 g/mol. The van der Waals surface area contributed by atoms with Crippen molar-refractivity contribution in [2.45, 2.75) is 0 Å². The summed E-state index contributed by atoms with van der Waals surface area (Å²) in [5.41, 5.74) is 0.501. The quantitative estimate of drug-likeness (QED) is 0.345. The third kappa shape index (κ3) is 5.85. The fourth-order valence-corrected chi connectivity index (χ4v) is 4.38. The van der Waals surface area contributed by atoms with Crippen molar-refractivity contribution in [1.82, 2.24) is 0 Å². The number of anilines is 2. The molecule has 1 aliphatic heterocycles. The first-order chi connectivity index (χ1) is 16.7. The predicted octanol–water partition coefficient (Wildman–Crippen LogP) is 7.04. The number of amides is 2. The lowest BCUT2D eigenvalue weighted by atomic mass is 10.2. The minimum Gasteiger partial charge on any atom is -0.323 e. The minimum absolute atomic E-state index is 0.0123. The van der Waals surface area contributed by atoms with Crippen LogP contribution in [0.1, 0.15) is 5.56 Å². The van der Waals surface area contributed by atoms with Crippen LogP contribution < -0.4 is 10.2 Å². The summed E-state index contributed by atoms with van der Waals surface area (Å²) < 4.78 is 28.6. The number of para-hydroxylation sites is 1. The van der Waals surface area contributed by atoms with Gasteiger partial charge in [-0.15, -0.1) is 0 Å². The van der Waals surface area contributed by atoms with Gasteiger partial charge in [0.2, 0.25) is 5.91 Å². The predicted molar refractivity (Wildman–Crippen MR) is 138 cm³/mol. The van der Waals surface area contributed by atoms with Crippen molar-refractivity contribution >= 4 is 81.0 Å². The van der Waals surface area contributed by atoms with Crippen molar-refractivity contribution in [3.8, 4) is 0 Å². The highest BCUT2D eigenvalue weighted by Gasteiger charge is 2.34. The van der Waals surface area contributed by atoms with Crippen LogP contribution in [0.15, 0.2) is 71.4 Å². The fraction of sp³-hybridized carbons (Fsp3) is 0.0417. The van der Waals surface area contributed by atoms with E-state index in [4.69, 9.17) is 34.8 Å². The van der Waals surface area contributed by atoms with Crippen molar-refractivity contribution < 1.29 is 18.4 Å². The Morgan fingerprint density at radius 3 is 2.49 bits per heavy atom. The van der Waals surface area contributed by atoms with Crippen LogP contribution in [0, 0.1) is 11.6 Å². The van der Waals surface area contributed by atoms with Crippen molar-refractivity contribution in [1.29, 1.82) is 0 Å². The van der Waals surface area contributed by atoms with E-state index in [0.29, 0.717) is 15.6 Å². The van der Waals surface area contributed by atoms with Gasteiger partial charge in [-0.05, 0) is 54.1 Å². The molecule has 35 heavy (non-hydrogen) atoms. The molecule has 0 radical (unpaired) electrons. The van der Waals surface area contributed by atoms with Gasteiger partial charge in [0.05, 0.1) is 27.2 Å². The molecule has 1 aliphatic rings. The summed E-state index contributed by atoms with van der Waals surface area (Å²) in [4.78, 5) is 31.0. The van der Waals surface area contributed by atoms with E-state index in [1.807, 2.05) is 0 Å². The normalized spacial score (nSPS) is 14.4. The number of amidine groups is 1. The number of hydrogen-bond acceptors (Lipinski definition) is 4. The molecule has 3 aromatic rings. The van der Waals surface area contributed by atoms with E-state index in [1.54, 1.807) is 24.3 Å². The van der Waals surface area contributed by atoms with Crippen LogP contribution in [-0.4, -0.2) is 22.7 Å². The van der Waals surface area contributed by atoms with E-state index < -0.39 is 23.4 Å². The number of thioether (sulfide) groups is 1. The highest BCUT2D eigenvalue weighted by Crippen LogP contribution is 2.32. The van der Waals surface area contributed by atoms with Crippen molar-refractivity contribution in [3.05, 3.63) is 98.6 Å². The lowest BCUT2D eigenvalue weighted by Crippen LogP contribution is -2.32. The second-order valence-corrected chi connectivity index (χ2v) is 9.34. The highest BCUT2D eigenvalue weighted by molar-refractivity contribution is 8.14. The van der Waals surface area contributed by atoms with Gasteiger partial charge in [0.15, 0.2) is 5.17 Å². The molecule has 5 nitrogen and oxygen atoms in total. The Morgan fingerprint density at radius 2 is 1.77 bits per heavy atom. The third-order valence-corrected chi connectivity index (χ3v) is 6.62.